The van der Waals surface area contributed by atoms with Gasteiger partial charge in [-0.05, 0) is 49.9 Å². The Morgan fingerprint density at radius 1 is 1.38 bits per heavy atom. The zero-order chi connectivity index (χ0) is 22.7. The first-order chi connectivity index (χ1) is 15.5. The van der Waals surface area contributed by atoms with Gasteiger partial charge in [-0.3, -0.25) is 4.79 Å². The first-order valence-corrected chi connectivity index (χ1v) is 11.8. The van der Waals surface area contributed by atoms with Crippen molar-refractivity contribution in [3.05, 3.63) is 58.4 Å². The Morgan fingerprint density at radius 3 is 2.62 bits per heavy atom. The number of hydrogen-bond acceptors (Lipinski definition) is 6. The summed E-state index contributed by atoms with van der Waals surface area (Å²) in [6, 6.07) is 11.5. The van der Waals surface area contributed by atoms with Crippen LogP contribution in [0.2, 0.25) is 0 Å². The number of thioether (sulfide) groups is 1. The van der Waals surface area contributed by atoms with Gasteiger partial charge in [0, 0.05) is 12.1 Å². The van der Waals surface area contributed by atoms with Crippen molar-refractivity contribution < 1.29 is 4.79 Å². The van der Waals surface area contributed by atoms with E-state index in [1.54, 1.807) is 0 Å². The second-order valence-electron chi connectivity index (χ2n) is 8.21. The van der Waals surface area contributed by atoms with Crippen LogP contribution in [0.1, 0.15) is 48.1 Å². The minimum atomic E-state index is -0.670. The number of nitriles is 1. The minimum absolute atomic E-state index is 0.0152. The van der Waals surface area contributed by atoms with E-state index in [1.165, 1.54) is 11.8 Å². The monoisotopic (exact) mass is 446 g/mol. The molecule has 2 saturated heterocycles. The zero-order valence-electron chi connectivity index (χ0n) is 18.1. The van der Waals surface area contributed by atoms with E-state index >= 15 is 0 Å². The molecule has 0 bridgehead atoms. The quantitative estimate of drug-likeness (QED) is 0.518. The molecule has 2 aliphatic heterocycles. The van der Waals surface area contributed by atoms with Crippen LogP contribution in [0.4, 0.5) is 11.5 Å². The van der Waals surface area contributed by atoms with Gasteiger partial charge in [0.2, 0.25) is 11.6 Å². The number of carbonyl (C=O) groups is 1. The average Bonchev–Trinajstić information content (AvgIpc) is 2.82. The summed E-state index contributed by atoms with van der Waals surface area (Å²) in [7, 11) is 0. The van der Waals surface area contributed by atoms with Gasteiger partial charge in [0.05, 0.1) is 12.1 Å². The third-order valence-electron chi connectivity index (χ3n) is 6.55. The van der Waals surface area contributed by atoms with E-state index in [1.807, 2.05) is 37.3 Å². The molecule has 0 radical (unpaired) electrons. The van der Waals surface area contributed by atoms with Crippen molar-refractivity contribution in [2.24, 2.45) is 5.73 Å². The molecule has 32 heavy (non-hydrogen) atoms. The van der Waals surface area contributed by atoms with Gasteiger partial charge in [0.25, 0.3) is 0 Å². The van der Waals surface area contributed by atoms with E-state index in [0.717, 1.165) is 44.5 Å². The molecule has 1 unspecified atom stereocenters. The van der Waals surface area contributed by atoms with Crippen molar-refractivity contribution >= 4 is 29.2 Å². The fraction of sp³-hybridized carbons (Fsp3) is 0.417. The third-order valence-corrected chi connectivity index (χ3v) is 7.81. The van der Waals surface area contributed by atoms with Crippen LogP contribution < -0.4 is 16.0 Å². The van der Waals surface area contributed by atoms with Crippen molar-refractivity contribution in [1.29, 1.82) is 5.26 Å². The molecular formula is C24H26N6OS. The molecule has 1 aromatic carbocycles. The summed E-state index contributed by atoms with van der Waals surface area (Å²) in [5, 5.41) is 13.2. The van der Waals surface area contributed by atoms with E-state index in [0.29, 0.717) is 34.1 Å². The first-order valence-electron chi connectivity index (χ1n) is 10.9. The third kappa shape index (κ3) is 3.81. The molecule has 0 aliphatic carbocycles. The summed E-state index contributed by atoms with van der Waals surface area (Å²) in [6.45, 7) is 12.5. The average molecular weight is 447 g/mol. The number of hydrogen-bond donors (Lipinski definition) is 2. The summed E-state index contributed by atoms with van der Waals surface area (Å²) in [5.41, 5.74) is 8.05. The summed E-state index contributed by atoms with van der Waals surface area (Å²) in [4.78, 5) is 23.3. The summed E-state index contributed by atoms with van der Waals surface area (Å²) < 4.78 is 0. The topological polar surface area (TPSA) is 99.4 Å². The lowest BCUT2D eigenvalue weighted by atomic mass is 9.76. The molecule has 4 rings (SSSR count). The molecule has 7 nitrogen and oxygen atoms in total. The predicted octanol–water partition coefficient (Wildman–Crippen LogP) is 3.72. The van der Waals surface area contributed by atoms with Crippen LogP contribution in [0.5, 0.6) is 0 Å². The number of rotatable bonds is 6. The molecule has 3 heterocycles. The van der Waals surface area contributed by atoms with Gasteiger partial charge in [-0.25, -0.2) is 9.83 Å². The summed E-state index contributed by atoms with van der Waals surface area (Å²) >= 11 is 1.20. The maximum absolute atomic E-state index is 12.3. The number of piperidine rings is 1. The molecule has 2 aromatic rings. The van der Waals surface area contributed by atoms with E-state index < -0.39 is 11.2 Å². The number of carbonyl (C=O) groups excluding carboxylic acids is 1. The highest BCUT2D eigenvalue weighted by atomic mass is 32.2. The van der Waals surface area contributed by atoms with E-state index in [4.69, 9.17) is 17.3 Å². The van der Waals surface area contributed by atoms with Crippen molar-refractivity contribution in [2.75, 3.05) is 24.5 Å². The number of benzene rings is 1. The largest absolute Gasteiger partial charge is 0.368 e. The Labute approximate surface area is 192 Å². The smallest absolute Gasteiger partial charge is 0.235 e. The molecule has 0 saturated carbocycles. The highest BCUT2D eigenvalue weighted by Crippen LogP contribution is 2.48. The number of nitrogens with one attached hydrogen (secondary N) is 1. The van der Waals surface area contributed by atoms with E-state index in [2.05, 4.69) is 21.1 Å². The molecule has 164 valence electrons. The lowest BCUT2D eigenvalue weighted by molar-refractivity contribution is -0.117. The van der Waals surface area contributed by atoms with Gasteiger partial charge in [0.1, 0.15) is 22.2 Å². The molecule has 8 heteroatoms. The molecule has 3 N–H and O–H groups in total. The van der Waals surface area contributed by atoms with Crippen LogP contribution in [0.25, 0.3) is 4.85 Å². The number of amides is 1. The van der Waals surface area contributed by atoms with Gasteiger partial charge < -0.3 is 16.0 Å². The summed E-state index contributed by atoms with van der Waals surface area (Å²) in [6.07, 6.45) is 3.62. The first kappa shape index (κ1) is 22.1. The fourth-order valence-electron chi connectivity index (χ4n) is 4.75. The Bertz CT molecular complexity index is 1100. The number of pyridine rings is 1. The lowest BCUT2D eigenvalue weighted by Gasteiger charge is -2.56. The minimum Gasteiger partial charge on any atom is -0.368 e. The molecule has 1 atom stereocenters. The van der Waals surface area contributed by atoms with Gasteiger partial charge >= 0.3 is 0 Å². The van der Waals surface area contributed by atoms with Crippen molar-refractivity contribution in [1.82, 2.24) is 10.3 Å². The second-order valence-corrected chi connectivity index (χ2v) is 9.30. The number of primary amides is 1. The van der Waals surface area contributed by atoms with E-state index in [-0.39, 0.29) is 5.54 Å². The summed E-state index contributed by atoms with van der Waals surface area (Å²) in [5.74, 6) is 0.155. The molecule has 1 aromatic heterocycles. The van der Waals surface area contributed by atoms with Gasteiger partial charge in [0.15, 0.2) is 0 Å². The maximum atomic E-state index is 12.3. The fourth-order valence-corrected chi connectivity index (χ4v) is 5.81. The van der Waals surface area contributed by atoms with Crippen LogP contribution in [-0.2, 0) is 11.2 Å². The normalized spacial score (nSPS) is 17.8. The lowest BCUT2D eigenvalue weighted by Crippen LogP contribution is -2.64. The molecule has 2 fully saturated rings. The number of anilines is 1. The Hall–Kier alpha value is -3.07. The SMILES string of the molecule is [C-]#[N+]c1c(N2CCC23CCNCC3)nc(SC(C(N)=O)c2ccccc2)c(C#N)c1CC. The second kappa shape index (κ2) is 9.20. The maximum Gasteiger partial charge on any atom is 0.235 e. The molecular weight excluding hydrogens is 420 g/mol. The Kier molecular flexibility index (Phi) is 6.36. The number of nitrogens with two attached hydrogens (primary N) is 1. The van der Waals surface area contributed by atoms with Crippen LogP contribution in [0, 0.1) is 17.9 Å². The molecule has 2 aliphatic rings. The van der Waals surface area contributed by atoms with Gasteiger partial charge in [-0.1, -0.05) is 49.0 Å². The highest BCUT2D eigenvalue weighted by molar-refractivity contribution is 8.00. The standard InChI is InChI=1S/C24H26N6OS/c1-3-17-18(15-25)23(32-20(21(26)31)16-7-5-4-6-8-16)29-22(19(17)27-2)30-14-11-24(30)9-12-28-13-10-24/h4-8,20,28H,3,9-14H2,1H3,(H2,26,31). The van der Waals surface area contributed by atoms with Crippen molar-refractivity contribution in [3.63, 3.8) is 0 Å². The van der Waals surface area contributed by atoms with Crippen LogP contribution >= 0.6 is 11.8 Å². The van der Waals surface area contributed by atoms with Crippen LogP contribution in [-0.4, -0.2) is 36.1 Å². The predicted molar refractivity (Wildman–Crippen MR) is 126 cm³/mol. The van der Waals surface area contributed by atoms with Crippen molar-refractivity contribution in [2.45, 2.75) is 48.4 Å². The van der Waals surface area contributed by atoms with Crippen LogP contribution in [0.15, 0.2) is 35.4 Å². The van der Waals surface area contributed by atoms with Gasteiger partial charge in [-0.15, -0.1) is 0 Å². The van der Waals surface area contributed by atoms with Crippen LogP contribution in [0.3, 0.4) is 0 Å². The molecule has 1 spiro atoms. The highest BCUT2D eigenvalue weighted by Gasteiger charge is 2.47. The number of aromatic nitrogens is 1. The number of nitrogens with zero attached hydrogens (tertiary/aromatic N) is 4. The van der Waals surface area contributed by atoms with Gasteiger partial charge in [-0.2, -0.15) is 5.26 Å². The Morgan fingerprint density at radius 2 is 2.09 bits per heavy atom. The Balaban J connectivity index is 1.82. The van der Waals surface area contributed by atoms with E-state index in [9.17, 15) is 10.1 Å². The zero-order valence-corrected chi connectivity index (χ0v) is 18.9. The van der Waals surface area contributed by atoms with Crippen molar-refractivity contribution in [3.8, 4) is 6.07 Å². The molecule has 1 amide bonds.